The Kier molecular flexibility index (Phi) is 7.47. The molecule has 7 heteroatoms. The minimum absolute atomic E-state index is 0.0933. The predicted molar refractivity (Wildman–Crippen MR) is 95.9 cm³/mol. The summed E-state index contributed by atoms with van der Waals surface area (Å²) in [7, 11) is 0. The van der Waals surface area contributed by atoms with Gasteiger partial charge in [0.15, 0.2) is 0 Å². The molecule has 0 radical (unpaired) electrons. The lowest BCUT2D eigenvalue weighted by Crippen LogP contribution is -2.47. The molecule has 0 spiro atoms. The van der Waals surface area contributed by atoms with Gasteiger partial charge in [-0.15, -0.1) is 11.8 Å². The number of amides is 2. The van der Waals surface area contributed by atoms with Gasteiger partial charge in [-0.3, -0.25) is 9.59 Å². The first-order chi connectivity index (χ1) is 12.2. The van der Waals surface area contributed by atoms with Crippen molar-refractivity contribution in [3.63, 3.8) is 0 Å². The van der Waals surface area contributed by atoms with Gasteiger partial charge in [0.1, 0.15) is 12.6 Å². The van der Waals surface area contributed by atoms with Crippen molar-refractivity contribution < 1.29 is 9.59 Å². The van der Waals surface area contributed by atoms with Crippen molar-refractivity contribution in [3.05, 3.63) is 60.3 Å². The van der Waals surface area contributed by atoms with E-state index >= 15 is 0 Å². The third-order valence-corrected chi connectivity index (χ3v) is 4.27. The maximum Gasteiger partial charge on any atom is 0.251 e. The Bertz CT molecular complexity index is 732. The molecule has 0 aliphatic carbocycles. The number of carbonyl (C=O) groups excluding carboxylic acids is 2. The van der Waals surface area contributed by atoms with Crippen LogP contribution in [0.3, 0.4) is 0 Å². The average molecular weight is 354 g/mol. The lowest BCUT2D eigenvalue weighted by Gasteiger charge is -2.17. The number of nitrogens with zero attached hydrogens (tertiary/aromatic N) is 2. The molecule has 1 aromatic carbocycles. The van der Waals surface area contributed by atoms with Gasteiger partial charge in [-0.1, -0.05) is 24.3 Å². The van der Waals surface area contributed by atoms with Crippen molar-refractivity contribution in [2.75, 3.05) is 12.3 Å². The Morgan fingerprint density at radius 3 is 2.60 bits per heavy atom. The second-order valence-electron chi connectivity index (χ2n) is 5.07. The summed E-state index contributed by atoms with van der Waals surface area (Å²) in [4.78, 5) is 28.7. The van der Waals surface area contributed by atoms with Gasteiger partial charge < -0.3 is 10.6 Å². The summed E-state index contributed by atoms with van der Waals surface area (Å²) in [6.45, 7) is -0.0933. The highest BCUT2D eigenvalue weighted by Gasteiger charge is 2.21. The van der Waals surface area contributed by atoms with Crippen LogP contribution in [-0.2, 0) is 4.79 Å². The van der Waals surface area contributed by atoms with Crippen LogP contribution in [0.1, 0.15) is 16.8 Å². The summed E-state index contributed by atoms with van der Waals surface area (Å²) >= 11 is 1.51. The minimum Gasteiger partial charge on any atom is -0.341 e. The quantitative estimate of drug-likeness (QED) is 0.558. The molecule has 1 heterocycles. The third kappa shape index (κ3) is 6.28. The summed E-state index contributed by atoms with van der Waals surface area (Å²) in [6.07, 6.45) is 2.13. The molecule has 0 unspecified atom stereocenters. The molecule has 2 amide bonds. The molecule has 1 aromatic heterocycles. The molecule has 128 valence electrons. The van der Waals surface area contributed by atoms with Crippen LogP contribution in [0.25, 0.3) is 0 Å². The van der Waals surface area contributed by atoms with Crippen LogP contribution in [0.4, 0.5) is 0 Å². The van der Waals surface area contributed by atoms with Gasteiger partial charge in [0.25, 0.3) is 5.91 Å². The van der Waals surface area contributed by atoms with Gasteiger partial charge in [-0.05, 0) is 30.7 Å². The topological polar surface area (TPSA) is 94.9 Å². The molecule has 0 saturated heterocycles. The van der Waals surface area contributed by atoms with Crippen molar-refractivity contribution in [1.29, 1.82) is 5.26 Å². The Morgan fingerprint density at radius 1 is 1.16 bits per heavy atom. The highest BCUT2D eigenvalue weighted by atomic mass is 32.2. The Balaban J connectivity index is 1.96. The van der Waals surface area contributed by atoms with Crippen LogP contribution in [-0.4, -0.2) is 35.1 Å². The highest BCUT2D eigenvalue weighted by molar-refractivity contribution is 7.99. The molecule has 1 atom stereocenters. The number of benzene rings is 1. The van der Waals surface area contributed by atoms with Crippen LogP contribution in [0.2, 0.25) is 0 Å². The molecule has 6 nitrogen and oxygen atoms in total. The average Bonchev–Trinajstić information content (AvgIpc) is 2.66. The lowest BCUT2D eigenvalue weighted by atomic mass is 10.1. The molecule has 0 bridgehead atoms. The number of thioether (sulfide) groups is 1. The molecule has 0 aliphatic heterocycles. The zero-order valence-electron chi connectivity index (χ0n) is 13.5. The van der Waals surface area contributed by atoms with Crippen molar-refractivity contribution in [1.82, 2.24) is 15.6 Å². The number of hydrogen-bond donors (Lipinski definition) is 2. The highest BCUT2D eigenvalue weighted by Crippen LogP contribution is 2.16. The van der Waals surface area contributed by atoms with E-state index in [9.17, 15) is 9.59 Å². The smallest absolute Gasteiger partial charge is 0.251 e. The first-order valence-corrected chi connectivity index (χ1v) is 8.73. The first kappa shape index (κ1) is 18.5. The molecular weight excluding hydrogens is 336 g/mol. The standard InChI is InChI=1S/C18H18N4O2S/c19-10-12-21-18(24)15(9-13-25-16-8-4-5-11-20-16)22-17(23)14-6-2-1-3-7-14/h1-8,11,15H,9,12-13H2,(H,21,24)(H,22,23)/t15-/m1/s1. The fourth-order valence-corrected chi connectivity index (χ4v) is 2.94. The van der Waals surface area contributed by atoms with Gasteiger partial charge >= 0.3 is 0 Å². The Morgan fingerprint density at radius 2 is 1.92 bits per heavy atom. The van der Waals surface area contributed by atoms with E-state index in [0.29, 0.717) is 17.7 Å². The van der Waals surface area contributed by atoms with Crippen LogP contribution in [0, 0.1) is 11.3 Å². The van der Waals surface area contributed by atoms with E-state index in [0.717, 1.165) is 5.03 Å². The lowest BCUT2D eigenvalue weighted by molar-refractivity contribution is -0.122. The van der Waals surface area contributed by atoms with Crippen LogP contribution in [0.5, 0.6) is 0 Å². The molecule has 2 rings (SSSR count). The van der Waals surface area contributed by atoms with Gasteiger partial charge in [0.2, 0.25) is 5.91 Å². The number of carbonyl (C=O) groups is 2. The minimum atomic E-state index is -0.711. The second kappa shape index (κ2) is 10.1. The zero-order valence-corrected chi connectivity index (χ0v) is 14.3. The SMILES string of the molecule is N#CCNC(=O)[C@@H](CCSc1ccccn1)NC(=O)c1ccccc1. The third-order valence-electron chi connectivity index (χ3n) is 3.29. The van der Waals surface area contributed by atoms with Crippen LogP contribution >= 0.6 is 11.8 Å². The molecule has 0 fully saturated rings. The van der Waals surface area contributed by atoms with E-state index in [1.54, 1.807) is 30.5 Å². The largest absolute Gasteiger partial charge is 0.341 e. The monoisotopic (exact) mass is 354 g/mol. The fraction of sp³-hybridized carbons (Fsp3) is 0.222. The summed E-state index contributed by atoms with van der Waals surface area (Å²) in [5, 5.41) is 14.7. The summed E-state index contributed by atoms with van der Waals surface area (Å²) in [5.41, 5.74) is 0.484. The number of pyridine rings is 1. The maximum absolute atomic E-state index is 12.3. The Hall–Kier alpha value is -2.85. The number of rotatable bonds is 8. The molecule has 0 saturated carbocycles. The van der Waals surface area contributed by atoms with Gasteiger partial charge in [0.05, 0.1) is 11.1 Å². The predicted octanol–water partition coefficient (Wildman–Crippen LogP) is 2.00. The molecular formula is C18H18N4O2S. The van der Waals surface area contributed by atoms with Gasteiger partial charge in [-0.25, -0.2) is 4.98 Å². The van der Waals surface area contributed by atoms with Crippen LogP contribution in [0.15, 0.2) is 59.8 Å². The van der Waals surface area contributed by atoms with Gasteiger partial charge in [0, 0.05) is 17.5 Å². The summed E-state index contributed by atoms with van der Waals surface area (Å²) in [5.74, 6) is -0.0792. The molecule has 2 N–H and O–H groups in total. The second-order valence-corrected chi connectivity index (χ2v) is 6.19. The maximum atomic E-state index is 12.3. The van der Waals surface area contributed by atoms with E-state index < -0.39 is 6.04 Å². The Labute approximate surface area is 150 Å². The number of nitriles is 1. The van der Waals surface area contributed by atoms with E-state index in [4.69, 9.17) is 5.26 Å². The van der Waals surface area contributed by atoms with Crippen LogP contribution < -0.4 is 10.6 Å². The number of hydrogen-bond acceptors (Lipinski definition) is 5. The van der Waals surface area contributed by atoms with Crippen molar-refractivity contribution in [3.8, 4) is 6.07 Å². The van der Waals surface area contributed by atoms with E-state index in [2.05, 4.69) is 15.6 Å². The number of aromatic nitrogens is 1. The van der Waals surface area contributed by atoms with Crippen molar-refractivity contribution >= 4 is 23.6 Å². The van der Waals surface area contributed by atoms with E-state index in [1.807, 2.05) is 30.3 Å². The summed E-state index contributed by atoms with van der Waals surface area (Å²) in [6, 6.07) is 15.5. The molecule has 25 heavy (non-hydrogen) atoms. The number of nitrogens with one attached hydrogen (secondary N) is 2. The van der Waals surface area contributed by atoms with E-state index in [-0.39, 0.29) is 18.4 Å². The zero-order chi connectivity index (χ0) is 17.9. The van der Waals surface area contributed by atoms with Gasteiger partial charge in [-0.2, -0.15) is 5.26 Å². The van der Waals surface area contributed by atoms with Crippen molar-refractivity contribution in [2.24, 2.45) is 0 Å². The molecule has 0 aliphatic rings. The first-order valence-electron chi connectivity index (χ1n) is 7.75. The van der Waals surface area contributed by atoms with E-state index in [1.165, 1.54) is 11.8 Å². The fourth-order valence-electron chi connectivity index (χ4n) is 2.06. The normalized spacial score (nSPS) is 11.2. The molecule has 2 aromatic rings. The summed E-state index contributed by atoms with van der Waals surface area (Å²) < 4.78 is 0. The van der Waals surface area contributed by atoms with Crippen molar-refractivity contribution in [2.45, 2.75) is 17.5 Å².